The van der Waals surface area contributed by atoms with Crippen molar-refractivity contribution in [2.75, 3.05) is 7.11 Å². The number of ether oxygens (including phenoxy) is 1. The van der Waals surface area contributed by atoms with Crippen LogP contribution in [-0.4, -0.2) is 27.6 Å². The van der Waals surface area contributed by atoms with Gasteiger partial charge in [0.2, 0.25) is 0 Å². The van der Waals surface area contributed by atoms with Gasteiger partial charge in [-0.1, -0.05) is 32.6 Å². The predicted octanol–water partition coefficient (Wildman–Crippen LogP) is 3.83. The highest BCUT2D eigenvalue weighted by molar-refractivity contribution is 9.10. The number of rotatable bonds is 5. The SMILES string of the molecule is CCCn1ncc(Br)c1C(O)C1(OC)CCCCCC1. The first-order valence-electron chi connectivity index (χ1n) is 7.59. The summed E-state index contributed by atoms with van der Waals surface area (Å²) in [5.74, 6) is 0. The first-order valence-corrected chi connectivity index (χ1v) is 8.38. The van der Waals surface area contributed by atoms with Gasteiger partial charge < -0.3 is 9.84 Å². The van der Waals surface area contributed by atoms with Crippen LogP contribution >= 0.6 is 15.9 Å². The number of aliphatic hydroxyl groups excluding tert-OH is 1. The molecule has 0 bridgehead atoms. The average molecular weight is 345 g/mol. The van der Waals surface area contributed by atoms with Crippen LogP contribution in [0.4, 0.5) is 0 Å². The van der Waals surface area contributed by atoms with E-state index in [0.29, 0.717) is 0 Å². The third kappa shape index (κ3) is 3.10. The molecule has 1 aliphatic carbocycles. The van der Waals surface area contributed by atoms with E-state index in [1.807, 2.05) is 4.68 Å². The number of nitrogens with zero attached hydrogens (tertiary/aromatic N) is 2. The molecule has 1 aliphatic rings. The Hall–Kier alpha value is -0.390. The zero-order chi connectivity index (χ0) is 14.6. The summed E-state index contributed by atoms with van der Waals surface area (Å²) in [5, 5.41) is 15.3. The lowest BCUT2D eigenvalue weighted by Gasteiger charge is -2.36. The minimum Gasteiger partial charge on any atom is -0.384 e. The molecule has 0 aliphatic heterocycles. The molecule has 1 unspecified atom stereocenters. The molecule has 5 heteroatoms. The number of halogens is 1. The summed E-state index contributed by atoms with van der Waals surface area (Å²) < 4.78 is 8.60. The van der Waals surface area contributed by atoms with Crippen molar-refractivity contribution >= 4 is 15.9 Å². The van der Waals surface area contributed by atoms with Crippen LogP contribution in [-0.2, 0) is 11.3 Å². The Morgan fingerprint density at radius 1 is 1.40 bits per heavy atom. The van der Waals surface area contributed by atoms with E-state index in [1.54, 1.807) is 13.3 Å². The number of hydrogen-bond donors (Lipinski definition) is 1. The second-order valence-corrected chi connectivity index (χ2v) is 6.54. The van der Waals surface area contributed by atoms with Gasteiger partial charge in [-0.05, 0) is 35.2 Å². The fourth-order valence-electron chi connectivity index (χ4n) is 3.20. The fourth-order valence-corrected chi connectivity index (χ4v) is 3.71. The highest BCUT2D eigenvalue weighted by Crippen LogP contribution is 2.42. The highest BCUT2D eigenvalue weighted by Gasteiger charge is 2.41. The van der Waals surface area contributed by atoms with Gasteiger partial charge in [0.25, 0.3) is 0 Å². The predicted molar refractivity (Wildman–Crippen MR) is 82.6 cm³/mol. The van der Waals surface area contributed by atoms with Gasteiger partial charge in [-0.15, -0.1) is 0 Å². The largest absolute Gasteiger partial charge is 0.384 e. The molecule has 114 valence electrons. The first kappa shape index (κ1) is 16.0. The van der Waals surface area contributed by atoms with Crippen LogP contribution < -0.4 is 0 Å². The van der Waals surface area contributed by atoms with Crippen molar-refractivity contribution in [3.63, 3.8) is 0 Å². The van der Waals surface area contributed by atoms with Crippen LogP contribution in [0.3, 0.4) is 0 Å². The second kappa shape index (κ2) is 7.05. The summed E-state index contributed by atoms with van der Waals surface area (Å²) in [5.41, 5.74) is 0.389. The van der Waals surface area contributed by atoms with Gasteiger partial charge >= 0.3 is 0 Å². The highest BCUT2D eigenvalue weighted by atomic mass is 79.9. The number of aromatic nitrogens is 2. The molecule has 1 aromatic rings. The summed E-state index contributed by atoms with van der Waals surface area (Å²) in [6.07, 6.45) is 8.65. The quantitative estimate of drug-likeness (QED) is 0.825. The molecule has 1 N–H and O–H groups in total. The Bertz CT molecular complexity index is 426. The molecule has 1 aromatic heterocycles. The van der Waals surface area contributed by atoms with Crippen molar-refractivity contribution in [2.45, 2.75) is 70.1 Å². The molecule has 1 atom stereocenters. The summed E-state index contributed by atoms with van der Waals surface area (Å²) in [6, 6.07) is 0. The molecule has 1 heterocycles. The standard InChI is InChI=1S/C15H25BrN2O2/c1-3-10-18-13(12(16)11-17-18)14(19)15(20-2)8-6-4-5-7-9-15/h11,14,19H,3-10H2,1-2H3. The molecule has 20 heavy (non-hydrogen) atoms. The molecule has 2 rings (SSSR count). The smallest absolute Gasteiger partial charge is 0.126 e. The van der Waals surface area contributed by atoms with Gasteiger partial charge in [0, 0.05) is 13.7 Å². The van der Waals surface area contributed by atoms with Crippen molar-refractivity contribution in [1.82, 2.24) is 9.78 Å². The van der Waals surface area contributed by atoms with Crippen molar-refractivity contribution < 1.29 is 9.84 Å². The Balaban J connectivity index is 2.31. The van der Waals surface area contributed by atoms with Crippen LogP contribution in [0.5, 0.6) is 0 Å². The molecule has 0 radical (unpaired) electrons. The van der Waals surface area contributed by atoms with Crippen molar-refractivity contribution in [1.29, 1.82) is 0 Å². The van der Waals surface area contributed by atoms with Crippen molar-refractivity contribution in [3.05, 3.63) is 16.4 Å². The van der Waals surface area contributed by atoms with E-state index in [4.69, 9.17) is 4.74 Å². The van der Waals surface area contributed by atoms with Crippen molar-refractivity contribution in [2.24, 2.45) is 0 Å². The average Bonchev–Trinajstić information content (AvgIpc) is 2.68. The van der Waals surface area contributed by atoms with E-state index in [2.05, 4.69) is 28.0 Å². The normalized spacial score (nSPS) is 20.6. The van der Waals surface area contributed by atoms with Crippen LogP contribution in [0.2, 0.25) is 0 Å². The Morgan fingerprint density at radius 2 is 2.05 bits per heavy atom. The topological polar surface area (TPSA) is 47.3 Å². The van der Waals surface area contributed by atoms with Crippen molar-refractivity contribution in [3.8, 4) is 0 Å². The number of aliphatic hydroxyl groups is 1. The van der Waals surface area contributed by atoms with E-state index >= 15 is 0 Å². The third-order valence-electron chi connectivity index (χ3n) is 4.38. The van der Waals surface area contributed by atoms with E-state index in [1.165, 1.54) is 12.8 Å². The van der Waals surface area contributed by atoms with E-state index in [-0.39, 0.29) is 0 Å². The molecule has 0 spiro atoms. The third-order valence-corrected chi connectivity index (χ3v) is 4.99. The van der Waals surface area contributed by atoms with Gasteiger partial charge in [0.05, 0.1) is 22.0 Å². The van der Waals surface area contributed by atoms with E-state index in [0.717, 1.165) is 48.8 Å². The maximum absolute atomic E-state index is 11.0. The molecule has 0 aromatic carbocycles. The molecule has 1 fully saturated rings. The fraction of sp³-hybridized carbons (Fsp3) is 0.800. The molecule has 0 saturated heterocycles. The molecule has 4 nitrogen and oxygen atoms in total. The Kier molecular flexibility index (Phi) is 5.64. The van der Waals surface area contributed by atoms with Crippen LogP contribution in [0, 0.1) is 0 Å². The monoisotopic (exact) mass is 344 g/mol. The summed E-state index contributed by atoms with van der Waals surface area (Å²) in [6.45, 7) is 2.93. The molecular weight excluding hydrogens is 320 g/mol. The van der Waals surface area contributed by atoms with E-state index < -0.39 is 11.7 Å². The molecule has 1 saturated carbocycles. The van der Waals surface area contributed by atoms with E-state index in [9.17, 15) is 5.11 Å². The van der Waals surface area contributed by atoms with Gasteiger partial charge in [-0.25, -0.2) is 0 Å². The van der Waals surface area contributed by atoms with Gasteiger partial charge in [0.15, 0.2) is 0 Å². The number of aryl methyl sites for hydroxylation is 1. The minimum absolute atomic E-state index is 0.468. The van der Waals surface area contributed by atoms with Crippen LogP contribution in [0.1, 0.15) is 63.7 Å². The summed E-state index contributed by atoms with van der Waals surface area (Å²) >= 11 is 3.53. The van der Waals surface area contributed by atoms with Crippen LogP contribution in [0.15, 0.2) is 10.7 Å². The zero-order valence-electron chi connectivity index (χ0n) is 12.4. The number of methoxy groups -OCH3 is 1. The maximum Gasteiger partial charge on any atom is 0.126 e. The summed E-state index contributed by atoms with van der Waals surface area (Å²) in [4.78, 5) is 0. The Labute approximate surface area is 129 Å². The first-order chi connectivity index (χ1) is 9.64. The second-order valence-electron chi connectivity index (χ2n) is 5.69. The zero-order valence-corrected chi connectivity index (χ0v) is 14.0. The molecule has 0 amide bonds. The summed E-state index contributed by atoms with van der Waals surface area (Å²) in [7, 11) is 1.73. The molecular formula is C15H25BrN2O2. The van der Waals surface area contributed by atoms with Gasteiger partial charge in [0.1, 0.15) is 6.10 Å². The lowest BCUT2D eigenvalue weighted by Crippen LogP contribution is -2.39. The minimum atomic E-state index is -0.631. The van der Waals surface area contributed by atoms with Gasteiger partial charge in [-0.3, -0.25) is 4.68 Å². The Morgan fingerprint density at radius 3 is 2.60 bits per heavy atom. The number of hydrogen-bond acceptors (Lipinski definition) is 3. The lowest BCUT2D eigenvalue weighted by molar-refractivity contribution is -0.117. The lowest BCUT2D eigenvalue weighted by atomic mass is 9.86. The maximum atomic E-state index is 11.0. The van der Waals surface area contributed by atoms with Gasteiger partial charge in [-0.2, -0.15) is 5.10 Å². The van der Waals surface area contributed by atoms with Crippen LogP contribution in [0.25, 0.3) is 0 Å².